The molecule has 0 atom stereocenters. The average Bonchev–Trinajstić information content (AvgIpc) is 3.31. The first-order chi connectivity index (χ1) is 18.1. The number of nitrogens with zero attached hydrogens (tertiary/aromatic N) is 2. The second kappa shape index (κ2) is 10.9. The third-order valence-electron chi connectivity index (χ3n) is 6.21. The van der Waals surface area contributed by atoms with Crippen LogP contribution in [0.2, 0.25) is 0 Å². The smallest absolute Gasteiger partial charge is 0.283 e. The molecule has 0 aliphatic carbocycles. The first kappa shape index (κ1) is 24.6. The van der Waals surface area contributed by atoms with Crippen LogP contribution in [0.25, 0.3) is 27.6 Å². The Morgan fingerprint density at radius 2 is 1.81 bits per heavy atom. The van der Waals surface area contributed by atoms with E-state index in [1.807, 2.05) is 48.5 Å². The average molecular weight is 513 g/mol. The summed E-state index contributed by atoms with van der Waals surface area (Å²) in [5.41, 5.74) is 4.28. The number of nitrogens with one attached hydrogen (secondary N) is 2. The molecule has 5 rings (SSSR count). The van der Waals surface area contributed by atoms with E-state index in [1.165, 1.54) is 21.9 Å². The maximum Gasteiger partial charge on any atom is 0.283 e. The van der Waals surface area contributed by atoms with Crippen LogP contribution in [0.4, 0.5) is 5.69 Å². The van der Waals surface area contributed by atoms with Gasteiger partial charge in [-0.05, 0) is 60.9 Å². The summed E-state index contributed by atoms with van der Waals surface area (Å²) in [5.74, 6) is 0.625. The highest BCUT2D eigenvalue weighted by atomic mass is 32.2. The zero-order valence-corrected chi connectivity index (χ0v) is 21.6. The van der Waals surface area contributed by atoms with E-state index in [2.05, 4.69) is 17.2 Å². The van der Waals surface area contributed by atoms with Crippen molar-refractivity contribution in [1.82, 2.24) is 14.5 Å². The van der Waals surface area contributed by atoms with Gasteiger partial charge in [0.1, 0.15) is 16.8 Å². The summed E-state index contributed by atoms with van der Waals surface area (Å²) in [6, 6.07) is 22.8. The number of fused-ring (bicyclic) bond motifs is 3. The second-order valence-corrected chi connectivity index (χ2v) is 9.71. The monoisotopic (exact) mass is 512 g/mol. The van der Waals surface area contributed by atoms with Crippen LogP contribution < -0.4 is 15.6 Å². The van der Waals surface area contributed by atoms with Gasteiger partial charge in [0, 0.05) is 16.6 Å². The minimum absolute atomic E-state index is 0.105. The van der Waals surface area contributed by atoms with Crippen LogP contribution in [0.15, 0.2) is 82.7 Å². The maximum atomic E-state index is 13.7. The molecule has 0 aliphatic heterocycles. The van der Waals surface area contributed by atoms with E-state index >= 15 is 0 Å². The molecule has 5 aromatic rings. The summed E-state index contributed by atoms with van der Waals surface area (Å²) in [6.45, 7) is 2.17. The highest BCUT2D eigenvalue weighted by Crippen LogP contribution is 2.27. The summed E-state index contributed by atoms with van der Waals surface area (Å²) >= 11 is 1.23. The van der Waals surface area contributed by atoms with Crippen LogP contribution >= 0.6 is 11.8 Å². The lowest BCUT2D eigenvalue weighted by Gasteiger charge is -2.13. The molecule has 0 radical (unpaired) electrons. The number of aromatic nitrogens is 3. The van der Waals surface area contributed by atoms with Gasteiger partial charge in [0.25, 0.3) is 5.56 Å². The van der Waals surface area contributed by atoms with E-state index in [0.29, 0.717) is 27.6 Å². The molecule has 37 heavy (non-hydrogen) atoms. The summed E-state index contributed by atoms with van der Waals surface area (Å²) in [5, 5.41) is 4.26. The number of thioether (sulfide) groups is 1. The number of methoxy groups -OCH3 is 1. The number of unbranched alkanes of at least 4 members (excludes halogenated alkanes) is 1. The number of carbonyl (C=O) groups excluding carboxylic acids is 1. The van der Waals surface area contributed by atoms with Crippen LogP contribution in [-0.4, -0.2) is 33.3 Å². The Morgan fingerprint density at radius 1 is 1.05 bits per heavy atom. The molecular formula is C29H28N4O3S. The lowest BCUT2D eigenvalue weighted by molar-refractivity contribution is -0.113. The van der Waals surface area contributed by atoms with Gasteiger partial charge in [0.05, 0.1) is 18.6 Å². The molecule has 1 amide bonds. The Kier molecular flexibility index (Phi) is 7.28. The van der Waals surface area contributed by atoms with E-state index in [-0.39, 0.29) is 17.2 Å². The van der Waals surface area contributed by atoms with E-state index in [4.69, 9.17) is 9.72 Å². The van der Waals surface area contributed by atoms with Gasteiger partial charge in [-0.1, -0.05) is 55.4 Å². The molecule has 2 aromatic heterocycles. The van der Waals surface area contributed by atoms with Gasteiger partial charge in [-0.2, -0.15) is 0 Å². The number of aryl methyl sites for hydroxylation is 1. The van der Waals surface area contributed by atoms with E-state index in [1.54, 1.807) is 31.4 Å². The molecule has 0 bridgehead atoms. The number of ether oxygens (including phenoxy) is 1. The van der Waals surface area contributed by atoms with Gasteiger partial charge in [-0.25, -0.2) is 4.98 Å². The third-order valence-corrected chi connectivity index (χ3v) is 7.15. The zero-order chi connectivity index (χ0) is 25.8. The van der Waals surface area contributed by atoms with Crippen LogP contribution in [0.5, 0.6) is 5.75 Å². The lowest BCUT2D eigenvalue weighted by atomic mass is 10.1. The van der Waals surface area contributed by atoms with Crippen LogP contribution in [0.3, 0.4) is 0 Å². The summed E-state index contributed by atoms with van der Waals surface area (Å²) in [4.78, 5) is 34.5. The SMILES string of the molecule is CCCCc1ccc(NC(=O)CSc2nc3c([nH]c4ccccc43)c(=O)n2-c2ccc(OC)cc2)cc1. The number of rotatable bonds is 9. The Labute approximate surface area is 218 Å². The Bertz CT molecular complexity index is 1610. The molecule has 2 N–H and O–H groups in total. The van der Waals surface area contributed by atoms with Crippen molar-refractivity contribution < 1.29 is 9.53 Å². The van der Waals surface area contributed by atoms with Crippen LogP contribution in [0, 0.1) is 0 Å². The predicted octanol–water partition coefficient (Wildman–Crippen LogP) is 5.95. The quantitative estimate of drug-likeness (QED) is 0.188. The lowest BCUT2D eigenvalue weighted by Crippen LogP contribution is -2.23. The Morgan fingerprint density at radius 3 is 2.54 bits per heavy atom. The van der Waals surface area contributed by atoms with Gasteiger partial charge >= 0.3 is 0 Å². The first-order valence-electron chi connectivity index (χ1n) is 12.3. The van der Waals surface area contributed by atoms with Crippen molar-refractivity contribution in [2.45, 2.75) is 31.3 Å². The maximum absolute atomic E-state index is 13.7. The van der Waals surface area contributed by atoms with Gasteiger partial charge in [-0.15, -0.1) is 0 Å². The van der Waals surface area contributed by atoms with E-state index < -0.39 is 0 Å². The zero-order valence-electron chi connectivity index (χ0n) is 20.8. The molecule has 0 saturated carbocycles. The highest BCUT2D eigenvalue weighted by molar-refractivity contribution is 7.99. The molecule has 0 saturated heterocycles. The molecular weight excluding hydrogens is 484 g/mol. The van der Waals surface area contributed by atoms with E-state index in [9.17, 15) is 9.59 Å². The minimum atomic E-state index is -0.225. The standard InChI is InChI=1S/C29H28N4O3S/c1-3-4-7-19-10-12-20(13-11-19)30-25(34)18-37-29-32-26-23-8-5-6-9-24(23)31-27(26)28(35)33(29)21-14-16-22(36-2)17-15-21/h5-6,8-17,31H,3-4,7,18H2,1-2H3,(H,30,34). The molecule has 188 valence electrons. The van der Waals surface area contributed by atoms with Crippen LogP contribution in [0.1, 0.15) is 25.3 Å². The van der Waals surface area contributed by atoms with Crippen molar-refractivity contribution in [1.29, 1.82) is 0 Å². The minimum Gasteiger partial charge on any atom is -0.497 e. The molecule has 3 aromatic carbocycles. The highest BCUT2D eigenvalue weighted by Gasteiger charge is 2.18. The normalized spacial score (nSPS) is 11.2. The van der Waals surface area contributed by atoms with Crippen molar-refractivity contribution in [3.63, 3.8) is 0 Å². The van der Waals surface area contributed by atoms with Crippen molar-refractivity contribution in [3.05, 3.63) is 88.7 Å². The van der Waals surface area contributed by atoms with Gasteiger partial charge < -0.3 is 15.0 Å². The fourth-order valence-electron chi connectivity index (χ4n) is 4.26. The fraction of sp³-hybridized carbons (Fsp3) is 0.207. The molecule has 8 heteroatoms. The number of benzene rings is 3. The van der Waals surface area contributed by atoms with Crippen molar-refractivity contribution >= 4 is 45.3 Å². The Hall–Kier alpha value is -4.04. The molecule has 0 aliphatic rings. The summed E-state index contributed by atoms with van der Waals surface area (Å²) in [7, 11) is 1.60. The number of carbonyl (C=O) groups is 1. The van der Waals surface area contributed by atoms with Gasteiger partial charge in [-0.3, -0.25) is 14.2 Å². The number of aromatic amines is 1. The number of anilines is 1. The van der Waals surface area contributed by atoms with Crippen molar-refractivity contribution in [3.8, 4) is 11.4 Å². The first-order valence-corrected chi connectivity index (χ1v) is 13.3. The largest absolute Gasteiger partial charge is 0.497 e. The van der Waals surface area contributed by atoms with E-state index in [0.717, 1.165) is 35.9 Å². The molecule has 2 heterocycles. The molecule has 0 spiro atoms. The van der Waals surface area contributed by atoms with Gasteiger partial charge in [0.15, 0.2) is 5.16 Å². The third kappa shape index (κ3) is 5.24. The molecule has 7 nitrogen and oxygen atoms in total. The Balaban J connectivity index is 1.45. The van der Waals surface area contributed by atoms with Gasteiger partial charge in [0.2, 0.25) is 5.91 Å². The molecule has 0 unspecified atom stereocenters. The van der Waals surface area contributed by atoms with Crippen molar-refractivity contribution in [2.75, 3.05) is 18.2 Å². The number of H-pyrrole nitrogens is 1. The number of hydrogen-bond acceptors (Lipinski definition) is 5. The number of para-hydroxylation sites is 1. The molecule has 0 fully saturated rings. The summed E-state index contributed by atoms with van der Waals surface area (Å²) in [6.07, 6.45) is 3.33. The summed E-state index contributed by atoms with van der Waals surface area (Å²) < 4.78 is 6.81. The van der Waals surface area contributed by atoms with Crippen molar-refractivity contribution in [2.24, 2.45) is 0 Å². The fourth-order valence-corrected chi connectivity index (χ4v) is 5.07. The number of amides is 1. The predicted molar refractivity (Wildman–Crippen MR) is 150 cm³/mol. The number of hydrogen-bond donors (Lipinski definition) is 2. The topological polar surface area (TPSA) is 89.0 Å². The van der Waals surface area contributed by atoms with Crippen LogP contribution in [-0.2, 0) is 11.2 Å². The second-order valence-electron chi connectivity index (χ2n) is 8.76.